The Bertz CT molecular complexity index is 1940. The van der Waals surface area contributed by atoms with Crippen LogP contribution in [0, 0.1) is 0 Å². The number of hydrogen-bond acceptors (Lipinski definition) is 4. The second kappa shape index (κ2) is 12.4. The molecule has 0 bridgehead atoms. The lowest BCUT2D eigenvalue weighted by atomic mass is 9.99. The lowest BCUT2D eigenvalue weighted by molar-refractivity contribution is 0.0986. The number of imidazole rings is 1. The van der Waals surface area contributed by atoms with Crippen molar-refractivity contribution >= 4 is 35.6 Å². The van der Waals surface area contributed by atoms with Gasteiger partial charge in [-0.25, -0.2) is 4.98 Å². The maximum atomic E-state index is 13.8. The number of rotatable bonds is 5. The van der Waals surface area contributed by atoms with Crippen molar-refractivity contribution in [2.45, 2.75) is 6.42 Å². The molecule has 0 unspecified atom stereocenters. The highest BCUT2D eigenvalue weighted by atomic mass is 35.5. The molecule has 2 N–H and O–H groups in total. The molecule has 2 amide bonds. The minimum atomic E-state index is -0.210. The van der Waals surface area contributed by atoms with E-state index in [2.05, 4.69) is 15.3 Å². The van der Waals surface area contributed by atoms with Crippen LogP contribution in [0.2, 0.25) is 0 Å². The number of aromatic nitrogens is 3. The van der Waals surface area contributed by atoms with Gasteiger partial charge in [0.15, 0.2) is 5.82 Å². The highest BCUT2D eigenvalue weighted by Gasteiger charge is 2.27. The van der Waals surface area contributed by atoms with Gasteiger partial charge in [-0.1, -0.05) is 72.8 Å². The van der Waals surface area contributed by atoms with Gasteiger partial charge < -0.3 is 15.2 Å². The largest absolute Gasteiger partial charge is 0.336 e. The van der Waals surface area contributed by atoms with Crippen LogP contribution in [0.5, 0.6) is 0 Å². The summed E-state index contributed by atoms with van der Waals surface area (Å²) in [6.07, 6.45) is 2.34. The van der Waals surface area contributed by atoms with Crippen molar-refractivity contribution in [1.29, 1.82) is 0 Å². The summed E-state index contributed by atoms with van der Waals surface area (Å²) in [6, 6.07) is 38.0. The van der Waals surface area contributed by atoms with Gasteiger partial charge in [0.25, 0.3) is 11.8 Å². The monoisotopic (exact) mass is 597 g/mol. The highest BCUT2D eigenvalue weighted by molar-refractivity contribution is 6.10. The topological polar surface area (TPSA) is 91.0 Å². The lowest BCUT2D eigenvalue weighted by Crippen LogP contribution is -2.32. The molecule has 3 heterocycles. The number of nitrogens with zero attached hydrogens (tertiary/aromatic N) is 3. The molecule has 1 aliphatic rings. The average molecular weight is 598 g/mol. The van der Waals surface area contributed by atoms with Gasteiger partial charge in [0.2, 0.25) is 0 Å². The van der Waals surface area contributed by atoms with Crippen LogP contribution in [0.3, 0.4) is 0 Å². The molecule has 1 aliphatic heterocycles. The standard InChI is InChI=1S/C36H27N5O2.ClH/c42-35(28-13-5-4-12-27(28)24-10-2-1-3-11-24)38-26-19-17-25(18-20-26)36(43)41-23-21-30-33(29-14-6-7-16-32(29)41)40-34(39-30)31-15-8-9-22-37-31;/h1-20,22H,21,23H2,(H,38,42)(H,39,40);1H. The molecule has 2 aromatic heterocycles. The number of aromatic amines is 1. The number of pyridine rings is 1. The Morgan fingerprint density at radius 1 is 0.750 bits per heavy atom. The Labute approximate surface area is 261 Å². The molecule has 0 fully saturated rings. The van der Waals surface area contributed by atoms with Gasteiger partial charge in [-0.15, -0.1) is 12.4 Å². The van der Waals surface area contributed by atoms with Crippen molar-refractivity contribution in [3.63, 3.8) is 0 Å². The van der Waals surface area contributed by atoms with Gasteiger partial charge in [-0.05, 0) is 59.7 Å². The van der Waals surface area contributed by atoms with Crippen molar-refractivity contribution in [3.05, 3.63) is 144 Å². The van der Waals surface area contributed by atoms with Gasteiger partial charge in [-0.2, -0.15) is 0 Å². The molecule has 7 nitrogen and oxygen atoms in total. The maximum Gasteiger partial charge on any atom is 0.258 e. The summed E-state index contributed by atoms with van der Waals surface area (Å²) >= 11 is 0. The van der Waals surface area contributed by atoms with Crippen molar-refractivity contribution in [2.75, 3.05) is 16.8 Å². The first-order valence-corrected chi connectivity index (χ1v) is 14.1. The number of carbonyl (C=O) groups excluding carboxylic acids is 2. The minimum Gasteiger partial charge on any atom is -0.336 e. The van der Waals surface area contributed by atoms with E-state index in [1.807, 2.05) is 97.1 Å². The SMILES string of the molecule is Cl.O=C(Nc1ccc(C(=O)N2CCc3nc(-c4ccccn4)[nH]c3-c3ccccc32)cc1)c1ccccc1-c1ccccc1. The number of benzene rings is 4. The molecule has 0 atom stereocenters. The second-order valence-electron chi connectivity index (χ2n) is 10.3. The van der Waals surface area contributed by atoms with Crippen LogP contribution < -0.4 is 10.2 Å². The predicted octanol–water partition coefficient (Wildman–Crippen LogP) is 7.68. The quantitative estimate of drug-likeness (QED) is 0.213. The van der Waals surface area contributed by atoms with E-state index in [9.17, 15) is 9.59 Å². The normalized spacial score (nSPS) is 11.9. The number of nitrogens with one attached hydrogen (secondary N) is 2. The van der Waals surface area contributed by atoms with E-state index in [1.54, 1.807) is 35.4 Å². The van der Waals surface area contributed by atoms with Gasteiger partial charge in [0, 0.05) is 41.5 Å². The zero-order valence-electron chi connectivity index (χ0n) is 23.6. The summed E-state index contributed by atoms with van der Waals surface area (Å²) in [6.45, 7) is 0.476. The van der Waals surface area contributed by atoms with E-state index in [-0.39, 0.29) is 24.2 Å². The molecule has 0 radical (unpaired) electrons. The van der Waals surface area contributed by atoms with Crippen molar-refractivity contribution in [3.8, 4) is 33.9 Å². The number of carbonyl (C=O) groups is 2. The van der Waals surface area contributed by atoms with E-state index in [0.717, 1.165) is 39.5 Å². The van der Waals surface area contributed by atoms with Gasteiger partial charge >= 0.3 is 0 Å². The van der Waals surface area contributed by atoms with E-state index in [1.165, 1.54) is 0 Å². The van der Waals surface area contributed by atoms with Crippen molar-refractivity contribution in [1.82, 2.24) is 15.0 Å². The Hall–Kier alpha value is -5.53. The molecular formula is C36H28ClN5O2. The summed E-state index contributed by atoms with van der Waals surface area (Å²) < 4.78 is 0. The van der Waals surface area contributed by atoms with Crippen LogP contribution in [-0.2, 0) is 6.42 Å². The third-order valence-electron chi connectivity index (χ3n) is 7.61. The third-order valence-corrected chi connectivity index (χ3v) is 7.61. The van der Waals surface area contributed by atoms with Crippen molar-refractivity contribution in [2.24, 2.45) is 0 Å². The number of fused-ring (bicyclic) bond motifs is 3. The molecule has 8 heteroatoms. The van der Waals surface area contributed by atoms with Gasteiger partial charge in [-0.3, -0.25) is 14.6 Å². The van der Waals surface area contributed by atoms with Crippen molar-refractivity contribution < 1.29 is 9.59 Å². The van der Waals surface area contributed by atoms with Crippen LogP contribution >= 0.6 is 12.4 Å². The number of anilines is 2. The zero-order valence-corrected chi connectivity index (χ0v) is 24.4. The van der Waals surface area contributed by atoms with E-state index in [4.69, 9.17) is 4.98 Å². The first-order chi connectivity index (χ1) is 21.2. The molecule has 0 aliphatic carbocycles. The molecule has 0 saturated heterocycles. The number of para-hydroxylation sites is 1. The van der Waals surface area contributed by atoms with E-state index < -0.39 is 0 Å². The average Bonchev–Trinajstić information content (AvgIpc) is 3.44. The molecule has 4 aromatic carbocycles. The van der Waals surface area contributed by atoms with E-state index >= 15 is 0 Å². The lowest BCUT2D eigenvalue weighted by Gasteiger charge is -2.23. The number of amides is 2. The minimum absolute atomic E-state index is 0. The van der Waals surface area contributed by atoms with Gasteiger partial charge in [0.05, 0.1) is 17.1 Å². The predicted molar refractivity (Wildman–Crippen MR) is 176 cm³/mol. The number of halogens is 1. The fraction of sp³-hybridized carbons (Fsp3) is 0.0556. The molecule has 0 saturated carbocycles. The van der Waals surface area contributed by atoms with Crippen LogP contribution in [0.25, 0.3) is 33.9 Å². The van der Waals surface area contributed by atoms with Gasteiger partial charge in [0.1, 0.15) is 5.69 Å². The summed E-state index contributed by atoms with van der Waals surface area (Å²) in [4.78, 5) is 41.6. The Kier molecular flexibility index (Phi) is 8.04. The number of hydrogen-bond donors (Lipinski definition) is 2. The molecule has 6 aromatic rings. The van der Waals surface area contributed by atoms with Crippen LogP contribution in [0.15, 0.2) is 128 Å². The summed E-state index contributed by atoms with van der Waals surface area (Å²) in [7, 11) is 0. The number of H-pyrrole nitrogens is 1. The zero-order chi connectivity index (χ0) is 29.2. The second-order valence-corrected chi connectivity index (χ2v) is 10.3. The fourth-order valence-electron chi connectivity index (χ4n) is 5.51. The maximum absolute atomic E-state index is 13.8. The Balaban J connectivity index is 0.00000343. The first-order valence-electron chi connectivity index (χ1n) is 14.1. The van der Waals surface area contributed by atoms with E-state index in [0.29, 0.717) is 35.6 Å². The Morgan fingerprint density at radius 3 is 2.23 bits per heavy atom. The third kappa shape index (κ3) is 5.48. The van der Waals surface area contributed by atoms with Crippen LogP contribution in [0.4, 0.5) is 11.4 Å². The molecule has 7 rings (SSSR count). The van der Waals surface area contributed by atoms with Crippen LogP contribution in [0.1, 0.15) is 26.4 Å². The molecule has 216 valence electrons. The molecule has 44 heavy (non-hydrogen) atoms. The molecular weight excluding hydrogens is 570 g/mol. The summed E-state index contributed by atoms with van der Waals surface area (Å²) in [5.41, 5.74) is 7.87. The summed E-state index contributed by atoms with van der Waals surface area (Å²) in [5, 5.41) is 2.99. The fourth-order valence-corrected chi connectivity index (χ4v) is 5.51. The smallest absolute Gasteiger partial charge is 0.258 e. The highest BCUT2D eigenvalue weighted by Crippen LogP contribution is 2.37. The molecule has 0 spiro atoms. The first kappa shape index (κ1) is 28.6. The Morgan fingerprint density at radius 2 is 1.45 bits per heavy atom. The summed E-state index contributed by atoms with van der Waals surface area (Å²) in [5.74, 6) is 0.387. The van der Waals surface area contributed by atoms with Crippen LogP contribution in [-0.4, -0.2) is 33.3 Å².